The summed E-state index contributed by atoms with van der Waals surface area (Å²) in [5.74, 6) is -4.24. The molecule has 3 atom stereocenters. The number of alkyl halides is 1. The maximum atomic E-state index is 15.7. The van der Waals surface area contributed by atoms with Crippen molar-refractivity contribution in [3.05, 3.63) is 65.2 Å². The molecular formula is C19H13ClFNO4. The number of ether oxygens (including phenoxy) is 1. The van der Waals surface area contributed by atoms with Crippen LogP contribution < -0.4 is 4.90 Å². The summed E-state index contributed by atoms with van der Waals surface area (Å²) in [6, 6.07) is 14.1. The molecule has 4 rings (SSSR count). The summed E-state index contributed by atoms with van der Waals surface area (Å²) >= 11 is 5.88. The zero-order valence-electron chi connectivity index (χ0n) is 13.6. The van der Waals surface area contributed by atoms with Crippen molar-refractivity contribution in [2.24, 2.45) is 5.92 Å². The van der Waals surface area contributed by atoms with Crippen molar-refractivity contribution in [2.45, 2.75) is 11.1 Å². The summed E-state index contributed by atoms with van der Waals surface area (Å²) in [5, 5.41) is 0.390. The van der Waals surface area contributed by atoms with E-state index in [1.54, 1.807) is 30.3 Å². The van der Waals surface area contributed by atoms with Crippen LogP contribution in [-0.4, -0.2) is 30.6 Å². The molecule has 0 aromatic heterocycles. The van der Waals surface area contributed by atoms with Crippen LogP contribution in [0.5, 0.6) is 0 Å². The molecule has 1 aliphatic heterocycles. The van der Waals surface area contributed by atoms with Crippen molar-refractivity contribution in [3.8, 4) is 0 Å². The first-order valence-electron chi connectivity index (χ1n) is 7.87. The Balaban J connectivity index is 1.89. The van der Waals surface area contributed by atoms with Gasteiger partial charge in [0.15, 0.2) is 0 Å². The lowest BCUT2D eigenvalue weighted by molar-refractivity contribution is -0.152. The van der Waals surface area contributed by atoms with Gasteiger partial charge < -0.3 is 4.74 Å². The molecule has 1 saturated heterocycles. The number of carbonyl (C=O) groups excluding carboxylic acids is 3. The lowest BCUT2D eigenvalue weighted by atomic mass is 9.91. The normalized spacial score (nSPS) is 29.5. The molecule has 0 spiro atoms. The number of esters is 1. The number of anilines is 1. The monoisotopic (exact) mass is 373 g/mol. The van der Waals surface area contributed by atoms with Crippen LogP contribution in [0.3, 0.4) is 0 Å². The van der Waals surface area contributed by atoms with Gasteiger partial charge in [0, 0.05) is 5.02 Å². The van der Waals surface area contributed by atoms with Crippen LogP contribution in [0.1, 0.15) is 5.56 Å². The Kier molecular flexibility index (Phi) is 3.46. The third-order valence-corrected chi connectivity index (χ3v) is 5.38. The highest BCUT2D eigenvalue weighted by Gasteiger charge is 2.94. The summed E-state index contributed by atoms with van der Waals surface area (Å²) in [4.78, 5) is 39.2. The van der Waals surface area contributed by atoms with Gasteiger partial charge in [-0.1, -0.05) is 41.9 Å². The molecule has 1 heterocycles. The average molecular weight is 374 g/mol. The van der Waals surface area contributed by atoms with Gasteiger partial charge in [-0.3, -0.25) is 9.59 Å². The smallest absolute Gasteiger partial charge is 0.346 e. The average Bonchev–Trinajstić information content (AvgIpc) is 3.15. The van der Waals surface area contributed by atoms with Crippen LogP contribution in [-0.2, 0) is 24.5 Å². The summed E-state index contributed by atoms with van der Waals surface area (Å²) < 4.78 is 20.2. The molecule has 3 unspecified atom stereocenters. The number of rotatable bonds is 3. The van der Waals surface area contributed by atoms with Crippen LogP contribution in [0.25, 0.3) is 0 Å². The van der Waals surface area contributed by atoms with Crippen LogP contribution in [0.15, 0.2) is 54.6 Å². The summed E-state index contributed by atoms with van der Waals surface area (Å²) in [5.41, 5.74) is -4.11. The lowest BCUT2D eigenvalue weighted by Crippen LogP contribution is -2.46. The summed E-state index contributed by atoms with van der Waals surface area (Å²) in [7, 11) is 1.02. The van der Waals surface area contributed by atoms with Gasteiger partial charge in [-0.05, 0) is 29.8 Å². The lowest BCUT2D eigenvalue weighted by Gasteiger charge is -2.24. The van der Waals surface area contributed by atoms with Crippen molar-refractivity contribution >= 4 is 35.1 Å². The minimum absolute atomic E-state index is 0.219. The Labute approximate surface area is 153 Å². The van der Waals surface area contributed by atoms with Crippen molar-refractivity contribution in [1.29, 1.82) is 0 Å². The molecule has 2 amide bonds. The van der Waals surface area contributed by atoms with E-state index in [4.69, 9.17) is 11.6 Å². The number of amides is 2. The van der Waals surface area contributed by atoms with E-state index in [2.05, 4.69) is 4.74 Å². The Morgan fingerprint density at radius 1 is 1.12 bits per heavy atom. The van der Waals surface area contributed by atoms with Gasteiger partial charge in [0.2, 0.25) is 17.5 Å². The fourth-order valence-corrected chi connectivity index (χ4v) is 4.07. The van der Waals surface area contributed by atoms with E-state index in [0.717, 1.165) is 12.0 Å². The van der Waals surface area contributed by atoms with Gasteiger partial charge in [0.05, 0.1) is 12.8 Å². The Morgan fingerprint density at radius 3 is 2.31 bits per heavy atom. The third-order valence-electron chi connectivity index (χ3n) is 5.13. The van der Waals surface area contributed by atoms with Crippen molar-refractivity contribution in [1.82, 2.24) is 0 Å². The van der Waals surface area contributed by atoms with E-state index in [9.17, 15) is 14.4 Å². The second-order valence-electron chi connectivity index (χ2n) is 6.27. The van der Waals surface area contributed by atoms with Gasteiger partial charge in [0.25, 0.3) is 0 Å². The second kappa shape index (κ2) is 5.38. The number of para-hydroxylation sites is 1. The van der Waals surface area contributed by atoms with Crippen LogP contribution in [0, 0.1) is 5.92 Å². The number of hydrogen-bond donors (Lipinski definition) is 0. The standard InChI is InChI=1S/C19H13ClFNO4/c1-26-17(25)19(21)14-15(23)22(13-5-3-2-4-6-13)16(24)18(14,19)11-7-9-12(20)10-8-11/h2-10,14H,1H3. The summed E-state index contributed by atoms with van der Waals surface area (Å²) in [6.07, 6.45) is 0. The molecule has 7 heteroatoms. The molecule has 2 aliphatic rings. The molecule has 2 aromatic carbocycles. The molecule has 2 aromatic rings. The Hall–Kier alpha value is -2.73. The number of fused-ring (bicyclic) bond motifs is 1. The Morgan fingerprint density at radius 2 is 1.73 bits per heavy atom. The van der Waals surface area contributed by atoms with Crippen molar-refractivity contribution in [2.75, 3.05) is 12.0 Å². The van der Waals surface area contributed by atoms with Crippen molar-refractivity contribution < 1.29 is 23.5 Å². The Bertz CT molecular complexity index is 932. The predicted molar refractivity (Wildman–Crippen MR) is 91.4 cm³/mol. The van der Waals surface area contributed by atoms with E-state index in [-0.39, 0.29) is 5.56 Å². The zero-order chi connectivity index (χ0) is 18.7. The first-order valence-corrected chi connectivity index (χ1v) is 8.25. The molecule has 2 fully saturated rings. The third kappa shape index (κ3) is 1.77. The SMILES string of the molecule is COC(=O)C1(F)C2C(=O)N(c3ccccc3)C(=O)C21c1ccc(Cl)cc1. The molecule has 0 N–H and O–H groups in total. The van der Waals surface area contributed by atoms with Gasteiger partial charge in [-0.25, -0.2) is 14.1 Å². The fraction of sp³-hybridized carbons (Fsp3) is 0.211. The number of imide groups is 1. The minimum atomic E-state index is -2.73. The minimum Gasteiger partial charge on any atom is -0.467 e. The van der Waals surface area contributed by atoms with Gasteiger partial charge in [-0.2, -0.15) is 0 Å². The maximum absolute atomic E-state index is 15.7. The number of methoxy groups -OCH3 is 1. The maximum Gasteiger partial charge on any atom is 0.346 e. The number of hydrogen-bond acceptors (Lipinski definition) is 4. The molecule has 5 nitrogen and oxygen atoms in total. The number of nitrogens with zero attached hydrogens (tertiary/aromatic N) is 1. The van der Waals surface area contributed by atoms with E-state index >= 15 is 4.39 Å². The topological polar surface area (TPSA) is 63.7 Å². The molecule has 132 valence electrons. The van der Waals surface area contributed by atoms with Crippen LogP contribution >= 0.6 is 11.6 Å². The van der Waals surface area contributed by atoms with Crippen LogP contribution in [0.4, 0.5) is 10.1 Å². The molecule has 1 aliphatic carbocycles. The van der Waals surface area contributed by atoms with Crippen molar-refractivity contribution in [3.63, 3.8) is 0 Å². The highest BCUT2D eigenvalue weighted by molar-refractivity contribution is 6.34. The first-order chi connectivity index (χ1) is 12.4. The molecule has 26 heavy (non-hydrogen) atoms. The fourth-order valence-electron chi connectivity index (χ4n) is 3.94. The first kappa shape index (κ1) is 16.7. The number of halogens is 2. The quantitative estimate of drug-likeness (QED) is 0.613. The zero-order valence-corrected chi connectivity index (χ0v) is 14.4. The van der Waals surface area contributed by atoms with Crippen LogP contribution in [0.2, 0.25) is 5.02 Å². The highest BCUT2D eigenvalue weighted by atomic mass is 35.5. The number of benzene rings is 2. The molecule has 0 bridgehead atoms. The summed E-state index contributed by atoms with van der Waals surface area (Å²) in [6.45, 7) is 0. The largest absolute Gasteiger partial charge is 0.467 e. The van der Waals surface area contributed by atoms with E-state index in [1.807, 2.05) is 0 Å². The number of carbonyl (C=O) groups is 3. The molecule has 1 saturated carbocycles. The second-order valence-corrected chi connectivity index (χ2v) is 6.70. The highest BCUT2D eigenvalue weighted by Crippen LogP contribution is 2.71. The van der Waals surface area contributed by atoms with Gasteiger partial charge >= 0.3 is 5.97 Å². The van der Waals surface area contributed by atoms with E-state index < -0.39 is 34.8 Å². The predicted octanol–water partition coefficient (Wildman–Crippen LogP) is 2.66. The van der Waals surface area contributed by atoms with E-state index in [1.165, 1.54) is 24.3 Å². The van der Waals surface area contributed by atoms with Gasteiger partial charge in [-0.15, -0.1) is 0 Å². The van der Waals surface area contributed by atoms with Gasteiger partial charge in [0.1, 0.15) is 11.3 Å². The van der Waals surface area contributed by atoms with E-state index in [0.29, 0.717) is 10.7 Å². The molecule has 0 radical (unpaired) electrons. The number of piperidine rings is 1. The molecular weight excluding hydrogens is 361 g/mol.